The molecule has 0 aliphatic carbocycles. The molecule has 0 unspecified atom stereocenters. The minimum absolute atomic E-state index is 0.00835. The van der Waals surface area contributed by atoms with Gasteiger partial charge in [0.1, 0.15) is 10.6 Å². The number of nitrogen functional groups attached to an aromatic ring is 1. The summed E-state index contributed by atoms with van der Waals surface area (Å²) in [5, 5.41) is 0. The lowest BCUT2D eigenvalue weighted by molar-refractivity contribution is 0.304. The highest BCUT2D eigenvalue weighted by Crippen LogP contribution is 2.23. The summed E-state index contributed by atoms with van der Waals surface area (Å²) in [4.78, 5) is -0.289. The Kier molecular flexibility index (Phi) is 6.11. The molecule has 1 aromatic carbocycles. The van der Waals surface area contributed by atoms with Crippen molar-refractivity contribution < 1.29 is 17.7 Å². The molecule has 0 radical (unpaired) electrons. The normalized spacial score (nSPS) is 11.5. The van der Waals surface area contributed by atoms with E-state index in [0.717, 1.165) is 12.8 Å². The average molecular weight is 287 g/mol. The van der Waals surface area contributed by atoms with E-state index in [1.54, 1.807) is 0 Å². The summed E-state index contributed by atoms with van der Waals surface area (Å²) in [5.41, 5.74) is 5.55. The molecule has 0 aliphatic heterocycles. The van der Waals surface area contributed by atoms with Crippen LogP contribution in [0.3, 0.4) is 0 Å². The van der Waals surface area contributed by atoms with Gasteiger partial charge in [0.2, 0.25) is 0 Å². The van der Waals surface area contributed by atoms with E-state index in [-0.39, 0.29) is 10.6 Å². The van der Waals surface area contributed by atoms with Gasteiger partial charge < -0.3 is 10.5 Å². The standard InChI is InChI=1S/C13H21NO4S/c1-2-3-4-5-6-9-18-11-7-8-13(12(14)10-11)19(15,16)17/h7-8,10H,2-6,9,14H2,1H3,(H,15,16,17). The molecule has 0 saturated carbocycles. The van der Waals surface area contributed by atoms with E-state index in [1.807, 2.05) is 0 Å². The van der Waals surface area contributed by atoms with Crippen molar-refractivity contribution in [3.63, 3.8) is 0 Å². The summed E-state index contributed by atoms with van der Waals surface area (Å²) in [5.74, 6) is 0.514. The zero-order valence-corrected chi connectivity index (χ0v) is 11.9. The number of hydrogen-bond donors (Lipinski definition) is 2. The second kappa shape index (κ2) is 7.35. The fraction of sp³-hybridized carbons (Fsp3) is 0.538. The molecule has 0 atom stereocenters. The summed E-state index contributed by atoms with van der Waals surface area (Å²) in [6.07, 6.45) is 5.71. The zero-order chi connectivity index (χ0) is 14.3. The summed E-state index contributed by atoms with van der Waals surface area (Å²) < 4.78 is 36.3. The Balaban J connectivity index is 2.46. The first-order valence-electron chi connectivity index (χ1n) is 6.45. The topological polar surface area (TPSA) is 89.6 Å². The van der Waals surface area contributed by atoms with Gasteiger partial charge in [-0.2, -0.15) is 8.42 Å². The molecule has 0 fully saturated rings. The molecule has 0 saturated heterocycles. The Bertz CT molecular complexity index is 499. The van der Waals surface area contributed by atoms with Crippen LogP contribution >= 0.6 is 0 Å². The van der Waals surface area contributed by atoms with Crippen molar-refractivity contribution in [2.75, 3.05) is 12.3 Å². The van der Waals surface area contributed by atoms with Crippen molar-refractivity contribution in [2.45, 2.75) is 43.9 Å². The molecule has 3 N–H and O–H groups in total. The van der Waals surface area contributed by atoms with Gasteiger partial charge in [0, 0.05) is 6.07 Å². The van der Waals surface area contributed by atoms with Crippen molar-refractivity contribution in [3.05, 3.63) is 18.2 Å². The van der Waals surface area contributed by atoms with E-state index in [4.69, 9.17) is 15.0 Å². The molecule has 1 aromatic rings. The second-order valence-electron chi connectivity index (χ2n) is 4.44. The van der Waals surface area contributed by atoms with Gasteiger partial charge in [-0.25, -0.2) is 0 Å². The molecule has 0 heterocycles. The third-order valence-corrected chi connectivity index (χ3v) is 3.70. The summed E-state index contributed by atoms with van der Waals surface area (Å²) >= 11 is 0. The molecule has 0 spiro atoms. The smallest absolute Gasteiger partial charge is 0.296 e. The van der Waals surface area contributed by atoms with E-state index in [9.17, 15) is 8.42 Å². The van der Waals surface area contributed by atoms with E-state index in [0.29, 0.717) is 12.4 Å². The van der Waals surface area contributed by atoms with E-state index >= 15 is 0 Å². The summed E-state index contributed by atoms with van der Waals surface area (Å²) in [6, 6.07) is 4.15. The Labute approximate surface area is 114 Å². The molecular weight excluding hydrogens is 266 g/mol. The maximum Gasteiger partial charge on any atom is 0.296 e. The number of anilines is 1. The van der Waals surface area contributed by atoms with Crippen LogP contribution in [-0.4, -0.2) is 19.6 Å². The molecule has 108 valence electrons. The van der Waals surface area contributed by atoms with Gasteiger partial charge in [0.15, 0.2) is 0 Å². The summed E-state index contributed by atoms with van der Waals surface area (Å²) in [6.45, 7) is 2.74. The molecule has 0 aromatic heterocycles. The molecule has 5 nitrogen and oxygen atoms in total. The predicted octanol–water partition coefficient (Wildman–Crippen LogP) is 2.86. The minimum atomic E-state index is -4.27. The number of ether oxygens (including phenoxy) is 1. The lowest BCUT2D eigenvalue weighted by Gasteiger charge is -2.08. The first kappa shape index (κ1) is 15.8. The molecule has 19 heavy (non-hydrogen) atoms. The molecule has 0 aliphatic rings. The first-order chi connectivity index (χ1) is 8.95. The lowest BCUT2D eigenvalue weighted by Crippen LogP contribution is -2.04. The third kappa shape index (κ3) is 5.48. The summed E-state index contributed by atoms with van der Waals surface area (Å²) in [7, 11) is -4.27. The third-order valence-electron chi connectivity index (χ3n) is 2.78. The van der Waals surface area contributed by atoms with Crippen molar-refractivity contribution in [1.82, 2.24) is 0 Å². The van der Waals surface area contributed by atoms with Crippen molar-refractivity contribution >= 4 is 15.8 Å². The van der Waals surface area contributed by atoms with Crippen molar-refractivity contribution in [2.24, 2.45) is 0 Å². The SMILES string of the molecule is CCCCCCCOc1ccc(S(=O)(=O)O)c(N)c1. The van der Waals surface area contributed by atoms with Crippen LogP contribution in [0.2, 0.25) is 0 Å². The lowest BCUT2D eigenvalue weighted by atomic mass is 10.2. The Morgan fingerprint density at radius 3 is 2.47 bits per heavy atom. The van der Waals surface area contributed by atoms with Gasteiger partial charge in [-0.1, -0.05) is 32.6 Å². The number of unbranched alkanes of at least 4 members (excludes halogenated alkanes) is 4. The Hall–Kier alpha value is -1.27. The van der Waals surface area contributed by atoms with Crippen LogP contribution in [-0.2, 0) is 10.1 Å². The first-order valence-corrected chi connectivity index (χ1v) is 7.89. The van der Waals surface area contributed by atoms with Crippen LogP contribution in [0.4, 0.5) is 5.69 Å². The van der Waals surface area contributed by atoms with Crippen molar-refractivity contribution in [3.8, 4) is 5.75 Å². The minimum Gasteiger partial charge on any atom is -0.494 e. The van der Waals surface area contributed by atoms with E-state index in [1.165, 1.54) is 37.5 Å². The van der Waals surface area contributed by atoms with Crippen LogP contribution in [0.15, 0.2) is 23.1 Å². The predicted molar refractivity (Wildman–Crippen MR) is 74.9 cm³/mol. The molecule has 6 heteroatoms. The van der Waals surface area contributed by atoms with E-state index in [2.05, 4.69) is 6.92 Å². The number of nitrogens with two attached hydrogens (primary N) is 1. The quantitative estimate of drug-likeness (QED) is 0.436. The monoisotopic (exact) mass is 287 g/mol. The van der Waals surface area contributed by atoms with Crippen LogP contribution in [0, 0.1) is 0 Å². The van der Waals surface area contributed by atoms with Gasteiger partial charge in [-0.15, -0.1) is 0 Å². The largest absolute Gasteiger partial charge is 0.494 e. The van der Waals surface area contributed by atoms with Gasteiger partial charge in [-0.3, -0.25) is 4.55 Å². The fourth-order valence-corrected chi connectivity index (χ4v) is 2.34. The average Bonchev–Trinajstić information content (AvgIpc) is 2.32. The van der Waals surface area contributed by atoms with Crippen LogP contribution in [0.25, 0.3) is 0 Å². The molecule has 0 bridgehead atoms. The number of hydrogen-bond acceptors (Lipinski definition) is 4. The number of benzene rings is 1. The molecule has 1 rings (SSSR count). The van der Waals surface area contributed by atoms with Gasteiger partial charge in [0.05, 0.1) is 12.3 Å². The van der Waals surface area contributed by atoms with Crippen LogP contribution < -0.4 is 10.5 Å². The van der Waals surface area contributed by atoms with Crippen molar-refractivity contribution in [1.29, 1.82) is 0 Å². The van der Waals surface area contributed by atoms with Gasteiger partial charge in [0.25, 0.3) is 10.1 Å². The molecular formula is C13H21NO4S. The maximum atomic E-state index is 11.0. The Morgan fingerprint density at radius 2 is 1.89 bits per heavy atom. The van der Waals surface area contributed by atoms with Crippen LogP contribution in [0.5, 0.6) is 5.75 Å². The van der Waals surface area contributed by atoms with Gasteiger partial charge in [-0.05, 0) is 18.6 Å². The highest BCUT2D eigenvalue weighted by atomic mass is 32.2. The number of rotatable bonds is 8. The highest BCUT2D eigenvalue weighted by molar-refractivity contribution is 7.86. The van der Waals surface area contributed by atoms with Gasteiger partial charge >= 0.3 is 0 Å². The second-order valence-corrected chi connectivity index (χ2v) is 5.83. The Morgan fingerprint density at radius 1 is 1.21 bits per heavy atom. The van der Waals surface area contributed by atoms with Crippen LogP contribution in [0.1, 0.15) is 39.0 Å². The van der Waals surface area contributed by atoms with E-state index < -0.39 is 10.1 Å². The fourth-order valence-electron chi connectivity index (χ4n) is 1.75. The molecule has 0 amide bonds. The highest BCUT2D eigenvalue weighted by Gasteiger charge is 2.14. The maximum absolute atomic E-state index is 11.0. The zero-order valence-electron chi connectivity index (χ0n) is 11.1.